The Morgan fingerprint density at radius 2 is 1.29 bits per heavy atom. The molecule has 51 heavy (non-hydrogen) atoms. The summed E-state index contributed by atoms with van der Waals surface area (Å²) in [6, 6.07) is 19.7. The first-order valence-corrected chi connectivity index (χ1v) is 18.1. The zero-order chi connectivity index (χ0) is 35.6. The van der Waals surface area contributed by atoms with Gasteiger partial charge in [-0.1, -0.05) is 77.3 Å². The fraction of sp³-hybridized carbons (Fsp3) is 0.316. The molecule has 13 heteroatoms. The number of aryl methyl sites for hydroxylation is 1. The lowest BCUT2D eigenvalue weighted by Crippen LogP contribution is -2.35. The van der Waals surface area contributed by atoms with Gasteiger partial charge in [0.05, 0.1) is 44.8 Å². The van der Waals surface area contributed by atoms with Crippen LogP contribution in [-0.2, 0) is 29.7 Å². The predicted octanol–water partition coefficient (Wildman–Crippen LogP) is 6.67. The van der Waals surface area contributed by atoms with E-state index in [1.165, 1.54) is 0 Å². The van der Waals surface area contributed by atoms with E-state index in [0.29, 0.717) is 76.9 Å². The minimum Gasteiger partial charge on any atom is -0.481 e. The standard InChI is InChI=1S/C38H38Cl3N7O3/c1-48-30-14-13-28(46-37(30)36(41)31(48)20-43-19-23-11-16-33(50)45-23)26-7-3-5-24(34(26)39)25-6-4-8-27(35(25)40)29-12-9-21(38(47-29)51-2)17-42-18-22-10-15-32(49)44-22/h3-9,12-14,22-23,42-43H,10-11,15-20H2,1-2H3,(H,44,49)(H,45,50)/t22-,23+/m0/s1. The Morgan fingerprint density at radius 3 is 1.86 bits per heavy atom. The van der Waals surface area contributed by atoms with Crippen LogP contribution in [0.3, 0.4) is 0 Å². The van der Waals surface area contributed by atoms with E-state index in [0.717, 1.165) is 51.9 Å². The number of aromatic nitrogens is 3. The Kier molecular flexibility index (Phi) is 10.5. The molecule has 0 unspecified atom stereocenters. The third-order valence-electron chi connectivity index (χ3n) is 9.63. The van der Waals surface area contributed by atoms with Crippen LogP contribution in [0, 0.1) is 0 Å². The van der Waals surface area contributed by atoms with Crippen molar-refractivity contribution in [1.82, 2.24) is 35.8 Å². The van der Waals surface area contributed by atoms with Gasteiger partial charge >= 0.3 is 0 Å². The summed E-state index contributed by atoms with van der Waals surface area (Å²) in [5.74, 6) is 0.694. The number of benzene rings is 2. The van der Waals surface area contributed by atoms with Crippen LogP contribution < -0.4 is 26.0 Å². The molecule has 0 saturated carbocycles. The van der Waals surface area contributed by atoms with Crippen LogP contribution in [0.25, 0.3) is 44.7 Å². The van der Waals surface area contributed by atoms with E-state index in [1.807, 2.05) is 72.3 Å². The number of carbonyl (C=O) groups is 2. The lowest BCUT2D eigenvalue weighted by molar-refractivity contribution is -0.120. The van der Waals surface area contributed by atoms with Crippen molar-refractivity contribution < 1.29 is 14.3 Å². The van der Waals surface area contributed by atoms with Gasteiger partial charge in [0, 0.05) is 86.0 Å². The second-order valence-corrected chi connectivity index (χ2v) is 14.1. The lowest BCUT2D eigenvalue weighted by Gasteiger charge is -2.15. The normalized spacial score (nSPS) is 17.3. The monoisotopic (exact) mass is 745 g/mol. The topological polar surface area (TPSA) is 122 Å². The van der Waals surface area contributed by atoms with Crippen molar-refractivity contribution in [3.05, 3.63) is 87.0 Å². The van der Waals surface area contributed by atoms with Crippen molar-refractivity contribution in [2.45, 2.75) is 50.9 Å². The van der Waals surface area contributed by atoms with Crippen LogP contribution in [0.2, 0.25) is 15.1 Å². The highest BCUT2D eigenvalue weighted by atomic mass is 35.5. The summed E-state index contributed by atoms with van der Waals surface area (Å²) >= 11 is 21.2. The number of pyridine rings is 2. The highest BCUT2D eigenvalue weighted by molar-refractivity contribution is 6.39. The zero-order valence-corrected chi connectivity index (χ0v) is 30.6. The first kappa shape index (κ1) is 35.2. The largest absolute Gasteiger partial charge is 0.481 e. The van der Waals surface area contributed by atoms with Gasteiger partial charge < -0.3 is 30.6 Å². The van der Waals surface area contributed by atoms with Crippen molar-refractivity contribution in [2.24, 2.45) is 7.05 Å². The zero-order valence-electron chi connectivity index (χ0n) is 28.3. The van der Waals surface area contributed by atoms with Crippen LogP contribution in [0.5, 0.6) is 5.88 Å². The molecule has 4 N–H and O–H groups in total. The molecule has 10 nitrogen and oxygen atoms in total. The molecule has 2 fully saturated rings. The maximum atomic E-state index is 11.6. The van der Waals surface area contributed by atoms with Gasteiger partial charge in [0.25, 0.3) is 0 Å². The number of nitrogens with zero attached hydrogens (tertiary/aromatic N) is 3. The highest BCUT2D eigenvalue weighted by Crippen LogP contribution is 2.42. The smallest absolute Gasteiger partial charge is 0.220 e. The summed E-state index contributed by atoms with van der Waals surface area (Å²) in [6.45, 7) is 2.44. The van der Waals surface area contributed by atoms with E-state index < -0.39 is 0 Å². The van der Waals surface area contributed by atoms with Crippen LogP contribution >= 0.6 is 34.8 Å². The van der Waals surface area contributed by atoms with Crippen LogP contribution in [0.15, 0.2) is 60.7 Å². The fourth-order valence-electron chi connectivity index (χ4n) is 6.87. The first-order valence-electron chi connectivity index (χ1n) is 17.0. The van der Waals surface area contributed by atoms with E-state index >= 15 is 0 Å². The number of hydrogen-bond acceptors (Lipinski definition) is 7. The van der Waals surface area contributed by atoms with E-state index in [4.69, 9.17) is 49.5 Å². The maximum absolute atomic E-state index is 11.6. The molecular formula is C38H38Cl3N7O3. The lowest BCUT2D eigenvalue weighted by atomic mass is 9.98. The number of ether oxygens (including phenoxy) is 1. The molecule has 0 aliphatic carbocycles. The van der Waals surface area contributed by atoms with Gasteiger partial charge in [0.2, 0.25) is 17.7 Å². The first-order chi connectivity index (χ1) is 24.7. The Morgan fingerprint density at radius 1 is 0.745 bits per heavy atom. The molecule has 2 atom stereocenters. The quantitative estimate of drug-likeness (QED) is 0.113. The van der Waals surface area contributed by atoms with E-state index in [-0.39, 0.29) is 23.9 Å². The molecule has 5 aromatic rings. The number of rotatable bonds is 12. The Hall–Kier alpha value is -4.19. The summed E-state index contributed by atoms with van der Waals surface area (Å²) in [5, 5.41) is 14.4. The average Bonchev–Trinajstić information content (AvgIpc) is 3.82. The number of amides is 2. The van der Waals surface area contributed by atoms with Gasteiger partial charge in [0.1, 0.15) is 5.52 Å². The van der Waals surface area contributed by atoms with Gasteiger partial charge in [-0.15, -0.1) is 0 Å². The molecule has 5 heterocycles. The second-order valence-electron chi connectivity index (χ2n) is 13.0. The highest BCUT2D eigenvalue weighted by Gasteiger charge is 2.23. The third-order valence-corrected chi connectivity index (χ3v) is 10.8. The molecule has 0 spiro atoms. The summed E-state index contributed by atoms with van der Waals surface area (Å²) < 4.78 is 7.70. The number of nitrogens with one attached hydrogen (secondary N) is 4. The SMILES string of the molecule is COc1nc(-c2cccc(-c3cccc(-c4ccc5c(n4)c(Cl)c(CNC[C@H]4CCC(=O)N4)n5C)c3Cl)c2Cl)ccc1CNC[C@@H]1CCC(=O)N1. The predicted molar refractivity (Wildman–Crippen MR) is 202 cm³/mol. The van der Waals surface area contributed by atoms with Gasteiger partial charge in [-0.05, 0) is 31.0 Å². The van der Waals surface area contributed by atoms with Crippen molar-refractivity contribution in [3.63, 3.8) is 0 Å². The van der Waals surface area contributed by atoms with Gasteiger partial charge in [0.15, 0.2) is 0 Å². The Bertz CT molecular complexity index is 2140. The van der Waals surface area contributed by atoms with E-state index in [9.17, 15) is 9.59 Å². The number of halogens is 3. The number of carbonyl (C=O) groups excluding carboxylic acids is 2. The van der Waals surface area contributed by atoms with Crippen LogP contribution in [0.1, 0.15) is 36.9 Å². The molecule has 2 aromatic carbocycles. The van der Waals surface area contributed by atoms with Crippen LogP contribution in [0.4, 0.5) is 0 Å². The number of hydrogen-bond donors (Lipinski definition) is 4. The molecule has 2 aliphatic rings. The molecular weight excluding hydrogens is 709 g/mol. The van der Waals surface area contributed by atoms with Crippen molar-refractivity contribution in [2.75, 3.05) is 20.2 Å². The van der Waals surface area contributed by atoms with Crippen LogP contribution in [-0.4, -0.2) is 58.6 Å². The summed E-state index contributed by atoms with van der Waals surface area (Å²) in [7, 11) is 3.57. The van der Waals surface area contributed by atoms with Gasteiger partial charge in [-0.3, -0.25) is 9.59 Å². The van der Waals surface area contributed by atoms with E-state index in [2.05, 4.69) is 21.3 Å². The maximum Gasteiger partial charge on any atom is 0.220 e. The third kappa shape index (κ3) is 7.29. The molecule has 0 radical (unpaired) electrons. The minimum absolute atomic E-state index is 0.0972. The van der Waals surface area contributed by atoms with Crippen molar-refractivity contribution in [3.8, 4) is 39.5 Å². The molecule has 3 aromatic heterocycles. The van der Waals surface area contributed by atoms with Gasteiger partial charge in [-0.25, -0.2) is 9.97 Å². The Balaban J connectivity index is 1.12. The van der Waals surface area contributed by atoms with Crippen molar-refractivity contribution in [1.29, 1.82) is 0 Å². The number of methoxy groups -OCH3 is 1. The van der Waals surface area contributed by atoms with E-state index in [1.54, 1.807) is 7.11 Å². The van der Waals surface area contributed by atoms with Crippen molar-refractivity contribution >= 4 is 57.7 Å². The molecule has 0 bridgehead atoms. The Labute approximate surface area is 311 Å². The number of fused-ring (bicyclic) bond motifs is 1. The molecule has 264 valence electrons. The molecule has 2 aliphatic heterocycles. The minimum atomic E-state index is 0.0972. The summed E-state index contributed by atoms with van der Waals surface area (Å²) in [6.07, 6.45) is 2.80. The molecule has 2 saturated heterocycles. The summed E-state index contributed by atoms with van der Waals surface area (Å²) in [5.41, 5.74) is 7.79. The second kappa shape index (κ2) is 15.2. The molecule has 7 rings (SSSR count). The fourth-order valence-corrected chi connectivity index (χ4v) is 7.85. The van der Waals surface area contributed by atoms with Gasteiger partial charge in [-0.2, -0.15) is 0 Å². The average molecular weight is 747 g/mol. The molecule has 2 amide bonds. The summed E-state index contributed by atoms with van der Waals surface area (Å²) in [4.78, 5) is 32.9.